The first kappa shape index (κ1) is 101. The number of nitrogens with zero attached hydrogens (tertiary/aromatic N) is 8. The third kappa shape index (κ3) is 26.5. The van der Waals surface area contributed by atoms with Gasteiger partial charge in [0.1, 0.15) is 72.0 Å². The van der Waals surface area contributed by atoms with E-state index in [2.05, 4.69) is 31.6 Å². The van der Waals surface area contributed by atoms with Crippen LogP contribution < -0.4 is 31.3 Å². The van der Waals surface area contributed by atoms with Crippen molar-refractivity contribution in [2.24, 2.45) is 41.4 Å². The standard InChI is InChI=1S/C62H111N11O12.C25H26F4N2O2/c1-25-27-28-40(15)52(75)51-56(79)65-43(26-2)58(81)67(18)33-48(74)68(19)44(29-34(3)4)55(78)66-49(38(11)12)61(84)69(20)45(30-35(5)6)54(77)63-41(16)53(76)64-42(17)57(80)70(21)46(31-36(7)8)59(82)71(22)47(32-37(9)10)60(83)72(23)50(39(13)14)62(85)73(51)24;1-15-7-8-18-20(5-4-6-21(18)31-15)30-14-24(32,25(27,28)29)13-23(2,3)19-12-17(26)11-16-9-10-33-22(16)19/h25,27,34-47,49-52,75H,26,28-33H2,1-24H3,(H,63,77)(H,64,76)(H,65,79)(H,66,78);4-8,11-12,30,32H,9-10,13-14H2,1-3H3/b27-25+;/t40-,41+,42-,43+,44+,45+,46+,47+,49+,50+,51+,52-;/m1./s1. The van der Waals surface area contributed by atoms with Crippen molar-refractivity contribution >= 4 is 81.6 Å². The number of halogens is 4. The molecule has 1 saturated heterocycles. The number of rotatable bonds is 21. The van der Waals surface area contributed by atoms with Gasteiger partial charge < -0.3 is 75.8 Å². The van der Waals surface area contributed by atoms with Crippen LogP contribution in [0.3, 0.4) is 0 Å². The lowest BCUT2D eigenvalue weighted by atomic mass is 9.74. The van der Waals surface area contributed by atoms with Gasteiger partial charge in [0.2, 0.25) is 65.0 Å². The number of nitrogens with one attached hydrogen (secondary N) is 5. The van der Waals surface area contributed by atoms with Crippen molar-refractivity contribution in [2.75, 3.05) is 74.3 Å². The number of ether oxygens (including phenoxy) is 1. The van der Waals surface area contributed by atoms with E-state index in [1.165, 1.54) is 99.8 Å². The highest BCUT2D eigenvalue weighted by atomic mass is 19.4. The number of aliphatic hydroxyl groups excluding tert-OH is 1. The number of fused-ring (bicyclic) bond motifs is 2. The zero-order valence-electron chi connectivity index (χ0n) is 74.7. The predicted octanol–water partition coefficient (Wildman–Crippen LogP) is 8.96. The van der Waals surface area contributed by atoms with Gasteiger partial charge in [0, 0.05) is 83.6 Å². The zero-order valence-corrected chi connectivity index (χ0v) is 74.7. The molecule has 0 spiro atoms. The van der Waals surface area contributed by atoms with E-state index in [1.54, 1.807) is 98.7 Å². The van der Waals surface area contributed by atoms with Gasteiger partial charge in [-0.3, -0.25) is 57.7 Å². The maximum absolute atomic E-state index is 15.1. The molecule has 11 amide bonds. The summed E-state index contributed by atoms with van der Waals surface area (Å²) in [7, 11) is 9.92. The van der Waals surface area contributed by atoms with Crippen molar-refractivity contribution in [1.29, 1.82) is 0 Å². The topological polar surface area (TPSA) is 333 Å². The van der Waals surface area contributed by atoms with Crippen molar-refractivity contribution in [3.63, 3.8) is 0 Å². The number of allylic oxidation sites excluding steroid dienone is 2. The third-order valence-electron chi connectivity index (χ3n) is 22.3. The average molecular weight is 1670 g/mol. The Labute approximate surface area is 696 Å². The maximum Gasteiger partial charge on any atom is 0.418 e. The lowest BCUT2D eigenvalue weighted by molar-refractivity contribution is -0.260. The molecule has 118 heavy (non-hydrogen) atoms. The smallest absolute Gasteiger partial charge is 0.418 e. The molecule has 0 aliphatic carbocycles. The number of carbonyl (C=O) groups is 11. The van der Waals surface area contributed by atoms with Crippen molar-refractivity contribution in [3.8, 4) is 5.75 Å². The summed E-state index contributed by atoms with van der Waals surface area (Å²) < 4.78 is 62.3. The van der Waals surface area contributed by atoms with Crippen LogP contribution in [0, 0.1) is 54.2 Å². The lowest BCUT2D eigenvalue weighted by Gasteiger charge is -2.41. The van der Waals surface area contributed by atoms with E-state index in [0.29, 0.717) is 52.9 Å². The zero-order chi connectivity index (χ0) is 90.0. The number of aromatic nitrogens is 1. The van der Waals surface area contributed by atoms with Gasteiger partial charge >= 0.3 is 6.18 Å². The summed E-state index contributed by atoms with van der Waals surface area (Å²) in [6.45, 7) is 33.9. The Morgan fingerprint density at radius 2 is 1.11 bits per heavy atom. The fourth-order valence-corrected chi connectivity index (χ4v) is 15.2. The van der Waals surface area contributed by atoms with Crippen LogP contribution in [0.15, 0.2) is 54.6 Å². The first-order valence-electron chi connectivity index (χ1n) is 41.3. The number of hydrogen-bond donors (Lipinski definition) is 7. The van der Waals surface area contributed by atoms with Gasteiger partial charge in [0.25, 0.3) is 0 Å². The number of amides is 11. The number of pyridine rings is 1. The van der Waals surface area contributed by atoms with Crippen LogP contribution in [0.1, 0.15) is 193 Å². The van der Waals surface area contributed by atoms with Crippen molar-refractivity contribution in [3.05, 3.63) is 77.3 Å². The van der Waals surface area contributed by atoms with Crippen LogP contribution in [-0.2, 0) is 64.6 Å². The molecular formula is C87H137F4N13O14. The number of carbonyl (C=O) groups excluding carboxylic acids is 11. The Kier molecular flexibility index (Phi) is 37.6. The first-order chi connectivity index (χ1) is 54.6. The van der Waals surface area contributed by atoms with Crippen molar-refractivity contribution < 1.29 is 85.3 Å². The van der Waals surface area contributed by atoms with Crippen LogP contribution in [0.5, 0.6) is 5.75 Å². The molecule has 7 N–H and O–H groups in total. The summed E-state index contributed by atoms with van der Waals surface area (Å²) in [4.78, 5) is 173. The fourth-order valence-electron chi connectivity index (χ4n) is 15.2. The molecule has 662 valence electrons. The highest BCUT2D eigenvalue weighted by molar-refractivity contribution is 6.00. The minimum atomic E-state index is -4.92. The molecule has 5 rings (SSSR count). The molecule has 0 bridgehead atoms. The monoisotopic (exact) mass is 1660 g/mol. The summed E-state index contributed by atoms with van der Waals surface area (Å²) in [6.07, 6.45) is -2.07. The van der Waals surface area contributed by atoms with E-state index in [4.69, 9.17) is 4.74 Å². The van der Waals surface area contributed by atoms with E-state index >= 15 is 9.59 Å². The number of likely N-dealkylation sites (N-methyl/N-ethyl adjacent to an activating group) is 7. The van der Waals surface area contributed by atoms with E-state index < -0.39 is 192 Å². The Bertz CT molecular complexity index is 4000. The van der Waals surface area contributed by atoms with Crippen LogP contribution in [0.25, 0.3) is 10.9 Å². The number of hydrogen-bond acceptors (Lipinski definition) is 16. The van der Waals surface area contributed by atoms with Gasteiger partial charge in [-0.1, -0.05) is 129 Å². The van der Waals surface area contributed by atoms with Gasteiger partial charge in [0.15, 0.2) is 5.60 Å². The lowest BCUT2D eigenvalue weighted by Crippen LogP contribution is -2.63. The molecule has 2 aliphatic rings. The summed E-state index contributed by atoms with van der Waals surface area (Å²) in [6, 6.07) is -1.11. The quantitative estimate of drug-likeness (QED) is 0.0386. The van der Waals surface area contributed by atoms with Crippen LogP contribution in [0.2, 0.25) is 0 Å². The van der Waals surface area contributed by atoms with Gasteiger partial charge in [-0.15, -0.1) is 0 Å². The second-order valence-corrected chi connectivity index (χ2v) is 35.4. The minimum absolute atomic E-state index is 0.0229. The van der Waals surface area contributed by atoms with Gasteiger partial charge in [-0.05, 0) is 156 Å². The summed E-state index contributed by atoms with van der Waals surface area (Å²) in [5, 5.41) is 37.4. The predicted molar refractivity (Wildman–Crippen MR) is 448 cm³/mol. The molecule has 2 aromatic carbocycles. The Morgan fingerprint density at radius 3 is 1.64 bits per heavy atom. The minimum Gasteiger partial charge on any atom is -0.493 e. The molecule has 13 atom stereocenters. The van der Waals surface area contributed by atoms with Crippen molar-refractivity contribution in [2.45, 2.75) is 274 Å². The number of anilines is 1. The summed E-state index contributed by atoms with van der Waals surface area (Å²) >= 11 is 0. The second kappa shape index (κ2) is 43.8. The Hall–Kier alpha value is -9.00. The molecule has 31 heteroatoms. The van der Waals surface area contributed by atoms with E-state index in [9.17, 15) is 70.9 Å². The Morgan fingerprint density at radius 1 is 0.602 bits per heavy atom. The highest BCUT2D eigenvalue weighted by Gasteiger charge is 2.57. The van der Waals surface area contributed by atoms with E-state index in [0.717, 1.165) is 15.5 Å². The summed E-state index contributed by atoms with van der Waals surface area (Å²) in [5.74, 6) is -9.83. The molecule has 0 radical (unpaired) electrons. The molecule has 3 aromatic rings. The second-order valence-electron chi connectivity index (χ2n) is 35.4. The first-order valence-corrected chi connectivity index (χ1v) is 41.3. The number of benzene rings is 2. The molecule has 27 nitrogen and oxygen atoms in total. The molecule has 3 heterocycles. The number of aryl methyl sites for hydroxylation is 1. The fraction of sp³-hybridized carbons (Fsp3) is 0.678. The SMILES string of the molecule is C/C=C/C[C@@H](C)[C@@H](O)[C@H]1C(=O)N[C@@H](CC)C(=O)N(C)CC(=O)N(C)[C@@H](CC(C)C)C(=O)N[C@@H](C(C)C)C(=O)N(C)[C@@H](CC(C)C)C(=O)N[C@@H](C)C(=O)N[C@H](C)C(=O)N(C)[C@@H](CC(C)C)C(=O)N(C)[C@@H](CC(C)C)C(=O)N(C)[C@@H](C(C)C)C(=O)N1C.Cc1ccc2c(NCC(O)(CC(C)(C)c3cc(F)cc4c3OCC4)C(F)(F)F)cccc2n1. The van der Waals surface area contributed by atoms with Crippen molar-refractivity contribution in [1.82, 2.24) is 60.6 Å². The van der Waals surface area contributed by atoms with E-state index in [-0.39, 0.29) is 55.8 Å². The molecule has 0 saturated carbocycles. The number of alkyl halides is 3. The molecular weight excluding hydrogens is 1530 g/mol. The maximum atomic E-state index is 15.1. The average Bonchev–Trinajstić information content (AvgIpc) is 1.46. The number of aliphatic hydroxyl groups is 2. The molecule has 1 aromatic heterocycles. The van der Waals surface area contributed by atoms with Gasteiger partial charge in [-0.25, -0.2) is 4.39 Å². The third-order valence-corrected chi connectivity index (χ3v) is 22.3. The van der Waals surface area contributed by atoms with Crippen LogP contribution >= 0.6 is 0 Å². The Balaban J connectivity index is 0.000000726. The largest absolute Gasteiger partial charge is 0.493 e. The molecule has 1 fully saturated rings. The van der Waals surface area contributed by atoms with Crippen LogP contribution in [-0.4, -0.2) is 262 Å². The molecule has 2 aliphatic heterocycles. The molecule has 1 unspecified atom stereocenters. The van der Waals surface area contributed by atoms with E-state index in [1.807, 2.05) is 68.4 Å². The van der Waals surface area contributed by atoms with Crippen LogP contribution in [0.4, 0.5) is 23.2 Å². The normalized spacial score (nSPS) is 23.8. The summed E-state index contributed by atoms with van der Waals surface area (Å²) in [5.41, 5.74) is -1.47. The highest BCUT2D eigenvalue weighted by Crippen LogP contribution is 2.46. The van der Waals surface area contributed by atoms with Gasteiger partial charge in [0.05, 0.1) is 31.3 Å². The van der Waals surface area contributed by atoms with Gasteiger partial charge in [-0.2, -0.15) is 13.2 Å².